The molecule has 0 radical (unpaired) electrons. The van der Waals surface area contributed by atoms with Gasteiger partial charge in [-0.1, -0.05) is 31.9 Å². The molecule has 2 N–H and O–H groups in total. The van der Waals surface area contributed by atoms with Crippen LogP contribution in [0, 0.1) is 0 Å². The van der Waals surface area contributed by atoms with Crippen LogP contribution in [-0.4, -0.2) is 23.2 Å². The van der Waals surface area contributed by atoms with Crippen molar-refractivity contribution >= 4 is 37.8 Å². The van der Waals surface area contributed by atoms with Gasteiger partial charge in [-0.05, 0) is 37.5 Å². The summed E-state index contributed by atoms with van der Waals surface area (Å²) in [5, 5.41) is 12.2. The van der Waals surface area contributed by atoms with Crippen molar-refractivity contribution in [1.82, 2.24) is 5.32 Å². The van der Waals surface area contributed by atoms with Gasteiger partial charge in [0.1, 0.15) is 0 Å². The van der Waals surface area contributed by atoms with E-state index in [2.05, 4.69) is 37.2 Å². The van der Waals surface area contributed by atoms with Crippen LogP contribution in [0.15, 0.2) is 27.1 Å². The van der Waals surface area contributed by atoms with Gasteiger partial charge < -0.3 is 10.4 Å². The highest BCUT2D eigenvalue weighted by Crippen LogP contribution is 2.31. The number of aliphatic hydroxyl groups excluding tert-OH is 1. The van der Waals surface area contributed by atoms with Crippen molar-refractivity contribution < 1.29 is 9.90 Å². The molecule has 3 nitrogen and oxygen atoms in total. The number of carbonyl (C=O) groups excluding carboxylic acids is 1. The van der Waals surface area contributed by atoms with E-state index in [0.29, 0.717) is 5.56 Å². The fraction of sp³-hybridized carbons (Fsp3) is 0.417. The molecule has 1 aliphatic rings. The van der Waals surface area contributed by atoms with Gasteiger partial charge in [0.05, 0.1) is 12.1 Å². The molecule has 1 fully saturated rings. The van der Waals surface area contributed by atoms with Crippen molar-refractivity contribution in [1.29, 1.82) is 0 Å². The van der Waals surface area contributed by atoms with Crippen molar-refractivity contribution in [3.63, 3.8) is 0 Å². The molecule has 1 aliphatic carbocycles. The molecule has 0 bridgehead atoms. The first kappa shape index (κ1) is 13.1. The predicted molar refractivity (Wildman–Crippen MR) is 73.0 cm³/mol. The van der Waals surface area contributed by atoms with Crippen LogP contribution in [0.25, 0.3) is 0 Å². The fourth-order valence-electron chi connectivity index (χ4n) is 1.92. The van der Waals surface area contributed by atoms with Crippen LogP contribution in [0.3, 0.4) is 0 Å². The first-order valence-corrected chi connectivity index (χ1v) is 7.03. The zero-order valence-electron chi connectivity index (χ0n) is 9.17. The molecule has 0 unspecified atom stereocenters. The van der Waals surface area contributed by atoms with Crippen LogP contribution in [0.5, 0.6) is 0 Å². The van der Waals surface area contributed by atoms with Crippen molar-refractivity contribution in [2.24, 2.45) is 0 Å². The normalized spacial score (nSPS) is 17.4. The summed E-state index contributed by atoms with van der Waals surface area (Å²) >= 11 is 6.70. The number of hydrogen-bond donors (Lipinski definition) is 2. The zero-order valence-corrected chi connectivity index (χ0v) is 12.3. The van der Waals surface area contributed by atoms with E-state index < -0.39 is 5.54 Å². The summed E-state index contributed by atoms with van der Waals surface area (Å²) in [6.07, 6.45) is 2.76. The molecule has 1 amide bonds. The number of aliphatic hydroxyl groups is 1. The lowest BCUT2D eigenvalue weighted by atomic mass is 9.77. The maximum absolute atomic E-state index is 12.1. The minimum atomic E-state index is -0.397. The Labute approximate surface area is 117 Å². The average molecular weight is 363 g/mol. The second kappa shape index (κ2) is 5.08. The Morgan fingerprint density at radius 2 is 1.88 bits per heavy atom. The Balaban J connectivity index is 2.14. The van der Waals surface area contributed by atoms with E-state index in [1.807, 2.05) is 6.07 Å². The van der Waals surface area contributed by atoms with Crippen LogP contribution in [0.1, 0.15) is 29.6 Å². The first-order valence-electron chi connectivity index (χ1n) is 5.44. The lowest BCUT2D eigenvalue weighted by Gasteiger charge is -2.40. The molecule has 0 saturated heterocycles. The summed E-state index contributed by atoms with van der Waals surface area (Å²) in [6.45, 7) is 0.00785. The van der Waals surface area contributed by atoms with E-state index in [9.17, 15) is 9.90 Å². The Hall–Kier alpha value is -0.390. The van der Waals surface area contributed by atoms with Crippen LogP contribution in [-0.2, 0) is 0 Å². The average Bonchev–Trinajstić information content (AvgIpc) is 2.21. The number of nitrogens with one attached hydrogen (secondary N) is 1. The Morgan fingerprint density at radius 1 is 1.29 bits per heavy atom. The number of carbonyl (C=O) groups is 1. The number of benzene rings is 1. The Kier molecular flexibility index (Phi) is 3.90. The highest BCUT2D eigenvalue weighted by Gasteiger charge is 2.37. The number of hydrogen-bond acceptors (Lipinski definition) is 2. The minimum absolute atomic E-state index is 0.00785. The summed E-state index contributed by atoms with van der Waals surface area (Å²) in [5.41, 5.74) is 0.192. The van der Waals surface area contributed by atoms with Crippen molar-refractivity contribution in [2.45, 2.75) is 24.8 Å². The lowest BCUT2D eigenvalue weighted by molar-refractivity contribution is 0.0641. The third-order valence-corrected chi connectivity index (χ3v) is 4.03. The van der Waals surface area contributed by atoms with Gasteiger partial charge >= 0.3 is 0 Å². The Bertz CT molecular complexity index is 418. The molecular formula is C12H13Br2NO2. The molecular weight excluding hydrogens is 350 g/mol. The van der Waals surface area contributed by atoms with Crippen molar-refractivity contribution in [2.75, 3.05) is 6.61 Å². The van der Waals surface area contributed by atoms with Crippen LogP contribution in [0.2, 0.25) is 0 Å². The quantitative estimate of drug-likeness (QED) is 0.868. The molecule has 0 heterocycles. The highest BCUT2D eigenvalue weighted by atomic mass is 79.9. The van der Waals surface area contributed by atoms with Gasteiger partial charge in [0.15, 0.2) is 0 Å². The number of amides is 1. The van der Waals surface area contributed by atoms with Crippen molar-refractivity contribution in [3.8, 4) is 0 Å². The van der Waals surface area contributed by atoms with Gasteiger partial charge in [0, 0.05) is 14.5 Å². The minimum Gasteiger partial charge on any atom is -0.394 e. The van der Waals surface area contributed by atoms with Gasteiger partial charge in [-0.3, -0.25) is 4.79 Å². The van der Waals surface area contributed by atoms with Gasteiger partial charge in [0.2, 0.25) is 0 Å². The first-order chi connectivity index (χ1) is 8.04. The molecule has 1 saturated carbocycles. The van der Waals surface area contributed by atoms with Crippen LogP contribution in [0.4, 0.5) is 0 Å². The lowest BCUT2D eigenvalue weighted by Crippen LogP contribution is -2.56. The smallest absolute Gasteiger partial charge is 0.251 e. The standard InChI is InChI=1S/C12H13Br2NO2/c13-9-4-8(5-10(14)6-9)11(17)15-12(7-16)2-1-3-12/h4-6,16H,1-3,7H2,(H,15,17). The SMILES string of the molecule is O=C(NC1(CO)CCC1)c1cc(Br)cc(Br)c1. The van der Waals surface area contributed by atoms with E-state index >= 15 is 0 Å². The third kappa shape index (κ3) is 2.89. The zero-order chi connectivity index (χ0) is 12.5. The molecule has 1 aromatic rings. The number of rotatable bonds is 3. The summed E-state index contributed by atoms with van der Waals surface area (Å²) in [7, 11) is 0. The van der Waals surface area contributed by atoms with Gasteiger partial charge in [-0.2, -0.15) is 0 Å². The van der Waals surface area contributed by atoms with E-state index in [4.69, 9.17) is 0 Å². The molecule has 92 valence electrons. The van der Waals surface area contributed by atoms with Crippen molar-refractivity contribution in [3.05, 3.63) is 32.7 Å². The molecule has 0 aliphatic heterocycles. The topological polar surface area (TPSA) is 49.3 Å². The Morgan fingerprint density at radius 3 is 2.29 bits per heavy atom. The summed E-state index contributed by atoms with van der Waals surface area (Å²) < 4.78 is 1.70. The molecule has 2 rings (SSSR count). The molecule has 5 heteroatoms. The molecule has 17 heavy (non-hydrogen) atoms. The molecule has 0 spiro atoms. The van der Waals surface area contributed by atoms with Gasteiger partial charge in [0.25, 0.3) is 5.91 Å². The van der Waals surface area contributed by atoms with Gasteiger partial charge in [-0.25, -0.2) is 0 Å². The molecule has 0 atom stereocenters. The van der Waals surface area contributed by atoms with E-state index in [1.165, 1.54) is 0 Å². The second-order valence-electron chi connectivity index (χ2n) is 4.40. The van der Waals surface area contributed by atoms with E-state index in [0.717, 1.165) is 28.2 Å². The van der Waals surface area contributed by atoms with E-state index in [-0.39, 0.29) is 12.5 Å². The summed E-state index contributed by atoms with van der Waals surface area (Å²) in [4.78, 5) is 12.1. The summed E-state index contributed by atoms with van der Waals surface area (Å²) in [6, 6.07) is 5.41. The third-order valence-electron chi connectivity index (χ3n) is 3.12. The van der Waals surface area contributed by atoms with E-state index in [1.54, 1.807) is 12.1 Å². The predicted octanol–water partition coefficient (Wildman–Crippen LogP) is 2.86. The maximum atomic E-state index is 12.1. The summed E-state index contributed by atoms with van der Waals surface area (Å²) in [5.74, 6) is -0.138. The maximum Gasteiger partial charge on any atom is 0.251 e. The van der Waals surface area contributed by atoms with Gasteiger partial charge in [-0.15, -0.1) is 0 Å². The van der Waals surface area contributed by atoms with Crippen LogP contribution >= 0.6 is 31.9 Å². The number of halogens is 2. The second-order valence-corrected chi connectivity index (χ2v) is 6.24. The van der Waals surface area contributed by atoms with Crippen LogP contribution < -0.4 is 5.32 Å². The monoisotopic (exact) mass is 361 g/mol. The fourth-order valence-corrected chi connectivity index (χ4v) is 3.22. The highest BCUT2D eigenvalue weighted by molar-refractivity contribution is 9.11. The molecule has 1 aromatic carbocycles. The molecule has 0 aromatic heterocycles. The largest absolute Gasteiger partial charge is 0.394 e.